The molecule has 0 spiro atoms. The van der Waals surface area contributed by atoms with Gasteiger partial charge >= 0.3 is 0 Å². The summed E-state index contributed by atoms with van der Waals surface area (Å²) >= 11 is 0. The Bertz CT molecular complexity index is 3310. The Morgan fingerprint density at radius 2 is 1.17 bits per heavy atom. The largest absolute Gasteiger partial charge is 0.452 e. The summed E-state index contributed by atoms with van der Waals surface area (Å²) in [4.78, 5) is 10.9. The molecular weight excluding hydrogens is 661 g/mol. The normalized spacial score (nSPS) is 13.5. The van der Waals surface area contributed by atoms with Gasteiger partial charge in [-0.3, -0.25) is 4.57 Å². The molecule has 0 amide bonds. The predicted molar refractivity (Wildman–Crippen MR) is 221 cm³/mol. The van der Waals surface area contributed by atoms with Crippen molar-refractivity contribution in [3.8, 4) is 34.0 Å². The van der Waals surface area contributed by atoms with Gasteiger partial charge in [-0.2, -0.15) is 0 Å². The third-order valence-electron chi connectivity index (χ3n) is 11.8. The summed E-state index contributed by atoms with van der Waals surface area (Å²) in [5.41, 5.74) is 14.6. The van der Waals surface area contributed by atoms with Gasteiger partial charge in [0.05, 0.1) is 22.1 Å². The number of para-hydroxylation sites is 3. The minimum atomic E-state index is -0.170. The highest BCUT2D eigenvalue weighted by molar-refractivity contribution is 6.17. The second kappa shape index (κ2) is 10.6. The lowest BCUT2D eigenvalue weighted by Crippen LogP contribution is -2.14. The first kappa shape index (κ1) is 29.6. The van der Waals surface area contributed by atoms with Crippen LogP contribution >= 0.6 is 0 Å². The van der Waals surface area contributed by atoms with E-state index in [0.717, 1.165) is 49.9 Å². The molecule has 0 bridgehead atoms. The van der Waals surface area contributed by atoms with Gasteiger partial charge in [-0.25, -0.2) is 9.97 Å². The van der Waals surface area contributed by atoms with Gasteiger partial charge in [-0.15, -0.1) is 0 Å². The maximum Gasteiger partial charge on any atom is 0.236 e. The molecule has 0 saturated carbocycles. The fourth-order valence-corrected chi connectivity index (χ4v) is 9.30. The van der Waals surface area contributed by atoms with Gasteiger partial charge in [0.1, 0.15) is 16.8 Å². The Labute approximate surface area is 310 Å². The number of fused-ring (bicyclic) bond motifs is 13. The van der Waals surface area contributed by atoms with Crippen LogP contribution in [-0.2, 0) is 5.41 Å². The first-order valence-electron chi connectivity index (χ1n) is 18.5. The van der Waals surface area contributed by atoms with Crippen LogP contribution in [0, 0.1) is 0 Å². The Morgan fingerprint density at radius 3 is 1.96 bits per heavy atom. The summed E-state index contributed by atoms with van der Waals surface area (Å²) in [7, 11) is 0. The smallest absolute Gasteiger partial charge is 0.236 e. The Hall–Kier alpha value is -6.98. The average molecular weight is 693 g/mol. The summed E-state index contributed by atoms with van der Waals surface area (Å²) < 4.78 is 11.3. The van der Waals surface area contributed by atoms with Gasteiger partial charge in [0.2, 0.25) is 5.95 Å². The molecule has 0 saturated heterocycles. The van der Waals surface area contributed by atoms with Gasteiger partial charge in [-0.05, 0) is 53.1 Å². The highest BCUT2D eigenvalue weighted by Gasteiger charge is 2.38. The van der Waals surface area contributed by atoms with Gasteiger partial charge in [0, 0.05) is 49.2 Å². The third kappa shape index (κ3) is 3.83. The molecule has 11 aromatic rings. The first-order chi connectivity index (χ1) is 26.6. The van der Waals surface area contributed by atoms with Crippen LogP contribution in [0.4, 0.5) is 0 Å². The second-order valence-electron chi connectivity index (χ2n) is 15.0. The van der Waals surface area contributed by atoms with Crippen molar-refractivity contribution in [2.75, 3.05) is 0 Å². The predicted octanol–water partition coefficient (Wildman–Crippen LogP) is 12.5. The summed E-state index contributed by atoms with van der Waals surface area (Å²) in [6.07, 6.45) is 0. The number of rotatable bonds is 3. The van der Waals surface area contributed by atoms with Gasteiger partial charge < -0.3 is 8.98 Å². The Morgan fingerprint density at radius 1 is 0.519 bits per heavy atom. The molecule has 254 valence electrons. The van der Waals surface area contributed by atoms with Crippen LogP contribution in [-0.4, -0.2) is 19.1 Å². The van der Waals surface area contributed by atoms with E-state index in [0.29, 0.717) is 11.5 Å². The number of benzene rings is 7. The second-order valence-corrected chi connectivity index (χ2v) is 15.0. The van der Waals surface area contributed by atoms with E-state index < -0.39 is 0 Å². The summed E-state index contributed by atoms with van der Waals surface area (Å²) in [5, 5.41) is 5.77. The lowest BCUT2D eigenvalue weighted by atomic mass is 9.82. The van der Waals surface area contributed by atoms with Crippen LogP contribution in [0.2, 0.25) is 0 Å². The molecule has 12 rings (SSSR count). The van der Waals surface area contributed by atoms with E-state index in [4.69, 9.17) is 14.4 Å². The van der Waals surface area contributed by atoms with Crippen molar-refractivity contribution in [3.63, 3.8) is 0 Å². The lowest BCUT2D eigenvalue weighted by Gasteiger charge is -2.21. The van der Waals surface area contributed by atoms with Crippen molar-refractivity contribution in [1.82, 2.24) is 19.1 Å². The number of furan rings is 1. The lowest BCUT2D eigenvalue weighted by molar-refractivity contribution is 0.660. The molecule has 0 aliphatic heterocycles. The van der Waals surface area contributed by atoms with Crippen LogP contribution in [0.15, 0.2) is 162 Å². The third-order valence-corrected chi connectivity index (χ3v) is 11.8. The summed E-state index contributed by atoms with van der Waals surface area (Å²) in [5.74, 6) is 0.614. The molecular formula is C49H32N4O. The van der Waals surface area contributed by atoms with Crippen molar-refractivity contribution in [3.05, 3.63) is 169 Å². The average Bonchev–Trinajstić information content (AvgIpc) is 3.93. The van der Waals surface area contributed by atoms with Crippen molar-refractivity contribution >= 4 is 65.7 Å². The molecule has 4 heterocycles. The number of nitrogens with zero attached hydrogens (tertiary/aromatic N) is 4. The molecule has 0 unspecified atom stereocenters. The van der Waals surface area contributed by atoms with E-state index in [1.165, 1.54) is 49.4 Å². The van der Waals surface area contributed by atoms with Crippen molar-refractivity contribution in [2.45, 2.75) is 19.3 Å². The van der Waals surface area contributed by atoms with Crippen molar-refractivity contribution < 1.29 is 4.42 Å². The minimum absolute atomic E-state index is 0.170. The molecule has 4 aromatic heterocycles. The quantitative estimate of drug-likeness (QED) is 0.185. The Kier molecular flexibility index (Phi) is 5.78. The first-order valence-corrected chi connectivity index (χ1v) is 18.5. The van der Waals surface area contributed by atoms with Crippen LogP contribution in [0.3, 0.4) is 0 Å². The molecule has 1 aliphatic rings. The monoisotopic (exact) mass is 692 g/mol. The highest BCUT2D eigenvalue weighted by Crippen LogP contribution is 2.53. The van der Waals surface area contributed by atoms with Crippen molar-refractivity contribution in [1.29, 1.82) is 0 Å². The summed E-state index contributed by atoms with van der Waals surface area (Å²) in [6, 6.07) is 56.3. The highest BCUT2D eigenvalue weighted by atomic mass is 16.3. The molecule has 0 fully saturated rings. The maximum absolute atomic E-state index is 6.55. The van der Waals surface area contributed by atoms with Gasteiger partial charge in [0.15, 0.2) is 5.58 Å². The number of hydrogen-bond acceptors (Lipinski definition) is 3. The molecule has 5 nitrogen and oxygen atoms in total. The Balaban J connectivity index is 1.27. The molecule has 1 aliphatic carbocycles. The molecule has 0 N–H and O–H groups in total. The van der Waals surface area contributed by atoms with E-state index in [2.05, 4.69) is 156 Å². The van der Waals surface area contributed by atoms with E-state index in [9.17, 15) is 0 Å². The van der Waals surface area contributed by atoms with Crippen LogP contribution in [0.25, 0.3) is 99.7 Å². The maximum atomic E-state index is 6.55. The minimum Gasteiger partial charge on any atom is -0.452 e. The molecule has 0 atom stereocenters. The fourth-order valence-electron chi connectivity index (χ4n) is 9.30. The molecule has 5 heteroatoms. The number of hydrogen-bond donors (Lipinski definition) is 0. The van der Waals surface area contributed by atoms with Gasteiger partial charge in [0.25, 0.3) is 0 Å². The van der Waals surface area contributed by atoms with Crippen LogP contribution in [0.1, 0.15) is 25.0 Å². The zero-order valence-electron chi connectivity index (χ0n) is 29.7. The molecule has 0 radical (unpaired) electrons. The zero-order valence-corrected chi connectivity index (χ0v) is 29.7. The number of aromatic nitrogens is 4. The van der Waals surface area contributed by atoms with E-state index >= 15 is 0 Å². The molecule has 54 heavy (non-hydrogen) atoms. The SMILES string of the molecule is CC1(C)c2ccccc2-c2c1ccc1c3ccc(-n4c5ccccc5c5ccccc54)cc3n(-c3nc(-c4ccccc4)c4oc5ccccc5c4n3)c21. The zero-order chi connectivity index (χ0) is 35.7. The molecule has 7 aromatic carbocycles. The van der Waals surface area contributed by atoms with Crippen LogP contribution < -0.4 is 0 Å². The van der Waals surface area contributed by atoms with E-state index in [1.807, 2.05) is 24.3 Å². The standard InChI is InChI=1S/C49H32N4O/c1-49(2)37-20-10-6-18-35(37)43-38(49)27-26-34-33-25-24-30(52-39-21-11-7-16-31(39)32-17-8-12-22-40(32)52)28-41(33)53(46(34)43)48-50-44(29-14-4-3-5-15-29)47-45(51-48)36-19-9-13-23-42(36)54-47/h3-28H,1-2H3. The van der Waals surface area contributed by atoms with E-state index in [-0.39, 0.29) is 5.41 Å². The van der Waals surface area contributed by atoms with Crippen molar-refractivity contribution in [2.24, 2.45) is 0 Å². The van der Waals surface area contributed by atoms with E-state index in [1.54, 1.807) is 0 Å². The summed E-state index contributed by atoms with van der Waals surface area (Å²) in [6.45, 7) is 4.68. The fraction of sp³-hybridized carbons (Fsp3) is 0.0612. The topological polar surface area (TPSA) is 48.8 Å². The van der Waals surface area contributed by atoms with Gasteiger partial charge in [-0.1, -0.05) is 135 Å². The van der Waals surface area contributed by atoms with Crippen LogP contribution in [0.5, 0.6) is 0 Å².